The lowest BCUT2D eigenvalue weighted by Crippen LogP contribution is -2.46. The zero-order valence-corrected chi connectivity index (χ0v) is 14.1. The molecule has 1 aliphatic heterocycles. The number of nitrogens with zero attached hydrogens (tertiary/aromatic N) is 1. The average molecular weight is 319 g/mol. The Balaban J connectivity index is 1.52. The van der Waals surface area contributed by atoms with Gasteiger partial charge in [0, 0.05) is 19.1 Å². The maximum absolute atomic E-state index is 9.79. The molecule has 128 valence electrons. The molecule has 2 N–H and O–H groups in total. The Morgan fingerprint density at radius 2 is 2.04 bits per heavy atom. The summed E-state index contributed by atoms with van der Waals surface area (Å²) >= 11 is 0. The fourth-order valence-electron chi connectivity index (χ4n) is 3.96. The third-order valence-electron chi connectivity index (χ3n) is 5.32. The standard InChI is InChI=1S/C19H29NO3/c1-14-12-15(6-7-18(14)22)9-11-23-19-5-3-2-4-17(19)20-10-8-16(21)13-20/h6-7,12,16-17,19,21-22H,2-5,8-11,13H2,1H3/t16-,17+,19-/m1/s1. The first-order valence-corrected chi connectivity index (χ1v) is 8.95. The number of hydrogen-bond acceptors (Lipinski definition) is 4. The highest BCUT2D eigenvalue weighted by Crippen LogP contribution is 2.28. The van der Waals surface area contributed by atoms with Crippen molar-refractivity contribution in [1.82, 2.24) is 4.90 Å². The van der Waals surface area contributed by atoms with Crippen LogP contribution in [0.4, 0.5) is 0 Å². The largest absolute Gasteiger partial charge is 0.508 e. The van der Waals surface area contributed by atoms with Crippen molar-refractivity contribution in [3.63, 3.8) is 0 Å². The first-order valence-electron chi connectivity index (χ1n) is 8.95. The van der Waals surface area contributed by atoms with Gasteiger partial charge in [-0.05, 0) is 49.8 Å². The molecule has 1 saturated heterocycles. The van der Waals surface area contributed by atoms with Gasteiger partial charge in [-0.2, -0.15) is 0 Å². The summed E-state index contributed by atoms with van der Waals surface area (Å²) in [7, 11) is 0. The Kier molecular flexibility index (Phi) is 5.57. The molecule has 23 heavy (non-hydrogen) atoms. The lowest BCUT2D eigenvalue weighted by Gasteiger charge is -2.37. The number of aromatic hydroxyl groups is 1. The summed E-state index contributed by atoms with van der Waals surface area (Å²) in [5.41, 5.74) is 2.13. The Morgan fingerprint density at radius 3 is 2.78 bits per heavy atom. The molecule has 0 bridgehead atoms. The molecular formula is C19H29NO3. The van der Waals surface area contributed by atoms with E-state index in [2.05, 4.69) is 4.90 Å². The normalized spacial score (nSPS) is 29.0. The van der Waals surface area contributed by atoms with Crippen LogP contribution >= 0.6 is 0 Å². The van der Waals surface area contributed by atoms with Gasteiger partial charge in [0.1, 0.15) is 5.75 Å². The molecule has 0 amide bonds. The zero-order chi connectivity index (χ0) is 16.2. The van der Waals surface area contributed by atoms with E-state index in [1.165, 1.54) is 24.8 Å². The first-order chi connectivity index (χ1) is 11.1. The molecule has 3 atom stereocenters. The maximum Gasteiger partial charge on any atom is 0.118 e. The third kappa shape index (κ3) is 4.25. The van der Waals surface area contributed by atoms with Gasteiger partial charge in [-0.25, -0.2) is 0 Å². The number of ether oxygens (including phenoxy) is 1. The minimum absolute atomic E-state index is 0.155. The Morgan fingerprint density at radius 1 is 1.22 bits per heavy atom. The molecule has 1 aromatic rings. The summed E-state index contributed by atoms with van der Waals surface area (Å²) in [5, 5.41) is 19.4. The fraction of sp³-hybridized carbons (Fsp3) is 0.684. The van der Waals surface area contributed by atoms with Crippen molar-refractivity contribution in [2.45, 2.75) is 63.7 Å². The third-order valence-corrected chi connectivity index (χ3v) is 5.32. The van der Waals surface area contributed by atoms with Crippen molar-refractivity contribution in [3.05, 3.63) is 29.3 Å². The SMILES string of the molecule is Cc1cc(CCO[C@@H]2CCCC[C@@H]2N2CC[C@@H](O)C2)ccc1O. The molecule has 0 unspecified atom stereocenters. The van der Waals surface area contributed by atoms with Crippen molar-refractivity contribution in [3.8, 4) is 5.75 Å². The van der Waals surface area contributed by atoms with Crippen LogP contribution in [0.1, 0.15) is 43.2 Å². The van der Waals surface area contributed by atoms with Gasteiger partial charge in [0.2, 0.25) is 0 Å². The molecule has 1 aromatic carbocycles. The molecule has 4 heteroatoms. The number of rotatable bonds is 5. The average Bonchev–Trinajstić information content (AvgIpc) is 2.98. The van der Waals surface area contributed by atoms with E-state index in [0.29, 0.717) is 17.9 Å². The minimum atomic E-state index is -0.155. The second kappa shape index (κ2) is 7.65. The molecule has 1 saturated carbocycles. The van der Waals surface area contributed by atoms with Crippen LogP contribution in [0.25, 0.3) is 0 Å². The number of aliphatic hydroxyl groups is 1. The van der Waals surface area contributed by atoms with Crippen LogP contribution in [0.2, 0.25) is 0 Å². The predicted molar refractivity (Wildman–Crippen MR) is 90.7 cm³/mol. The predicted octanol–water partition coefficient (Wildman–Crippen LogP) is 2.64. The van der Waals surface area contributed by atoms with Crippen molar-refractivity contribution in [2.24, 2.45) is 0 Å². The number of aliphatic hydroxyl groups excluding tert-OH is 1. The number of aryl methyl sites for hydroxylation is 1. The van der Waals surface area contributed by atoms with E-state index < -0.39 is 0 Å². The Bertz CT molecular complexity index is 519. The monoisotopic (exact) mass is 319 g/mol. The molecule has 1 heterocycles. The maximum atomic E-state index is 9.79. The number of β-amino-alcohol motifs (C(OH)–C–C–N with tert-alkyl or cyclic N) is 1. The summed E-state index contributed by atoms with van der Waals surface area (Å²) < 4.78 is 6.23. The van der Waals surface area contributed by atoms with Crippen molar-refractivity contribution in [1.29, 1.82) is 0 Å². The van der Waals surface area contributed by atoms with Crippen LogP contribution in [-0.4, -0.2) is 53.1 Å². The van der Waals surface area contributed by atoms with Gasteiger partial charge >= 0.3 is 0 Å². The van der Waals surface area contributed by atoms with E-state index in [1.807, 2.05) is 19.1 Å². The molecule has 4 nitrogen and oxygen atoms in total. The summed E-state index contributed by atoms with van der Waals surface area (Å²) in [6.07, 6.45) is 6.76. The summed E-state index contributed by atoms with van der Waals surface area (Å²) in [6, 6.07) is 6.25. The van der Waals surface area contributed by atoms with Crippen LogP contribution in [0.3, 0.4) is 0 Å². The number of likely N-dealkylation sites (tertiary alicyclic amines) is 1. The molecule has 2 fully saturated rings. The van der Waals surface area contributed by atoms with Crippen LogP contribution in [0.5, 0.6) is 5.75 Å². The van der Waals surface area contributed by atoms with E-state index in [4.69, 9.17) is 4.74 Å². The smallest absolute Gasteiger partial charge is 0.118 e. The second-order valence-corrected chi connectivity index (χ2v) is 7.07. The van der Waals surface area contributed by atoms with Gasteiger partial charge in [0.05, 0.1) is 18.8 Å². The topological polar surface area (TPSA) is 52.9 Å². The highest BCUT2D eigenvalue weighted by molar-refractivity contribution is 5.34. The van der Waals surface area contributed by atoms with Crippen LogP contribution in [0.15, 0.2) is 18.2 Å². The molecule has 3 rings (SSSR count). The molecule has 2 aliphatic rings. The summed E-state index contributed by atoms with van der Waals surface area (Å²) in [5.74, 6) is 0.356. The fourth-order valence-corrected chi connectivity index (χ4v) is 3.96. The number of benzene rings is 1. The molecular weight excluding hydrogens is 290 g/mol. The van der Waals surface area contributed by atoms with Gasteiger partial charge in [-0.1, -0.05) is 25.0 Å². The van der Waals surface area contributed by atoms with Crippen molar-refractivity contribution < 1.29 is 14.9 Å². The lowest BCUT2D eigenvalue weighted by molar-refractivity contribution is -0.0316. The van der Waals surface area contributed by atoms with Crippen LogP contribution < -0.4 is 0 Å². The van der Waals surface area contributed by atoms with Crippen molar-refractivity contribution >= 4 is 0 Å². The van der Waals surface area contributed by atoms with Crippen LogP contribution in [0, 0.1) is 6.92 Å². The van der Waals surface area contributed by atoms with E-state index in [0.717, 1.165) is 44.5 Å². The Hall–Kier alpha value is -1.10. The molecule has 0 spiro atoms. The second-order valence-electron chi connectivity index (χ2n) is 7.07. The van der Waals surface area contributed by atoms with Gasteiger partial charge < -0.3 is 14.9 Å². The van der Waals surface area contributed by atoms with Gasteiger partial charge in [-0.15, -0.1) is 0 Å². The Labute approximate surface area is 139 Å². The first kappa shape index (κ1) is 16.7. The summed E-state index contributed by atoms with van der Waals surface area (Å²) in [4.78, 5) is 2.43. The van der Waals surface area contributed by atoms with Crippen LogP contribution in [-0.2, 0) is 11.2 Å². The summed E-state index contributed by atoms with van der Waals surface area (Å²) in [6.45, 7) is 4.46. The van der Waals surface area contributed by atoms with Gasteiger partial charge in [-0.3, -0.25) is 4.90 Å². The molecule has 1 aliphatic carbocycles. The van der Waals surface area contributed by atoms with Crippen molar-refractivity contribution in [2.75, 3.05) is 19.7 Å². The quantitative estimate of drug-likeness (QED) is 0.876. The molecule has 0 aromatic heterocycles. The zero-order valence-electron chi connectivity index (χ0n) is 14.1. The van der Waals surface area contributed by atoms with Gasteiger partial charge in [0.15, 0.2) is 0 Å². The number of phenols is 1. The highest BCUT2D eigenvalue weighted by atomic mass is 16.5. The van der Waals surface area contributed by atoms with E-state index >= 15 is 0 Å². The lowest BCUT2D eigenvalue weighted by atomic mass is 9.91. The van der Waals surface area contributed by atoms with Gasteiger partial charge in [0.25, 0.3) is 0 Å². The van der Waals surface area contributed by atoms with E-state index in [1.54, 1.807) is 6.07 Å². The number of hydrogen-bond donors (Lipinski definition) is 2. The number of phenolic OH excluding ortho intramolecular Hbond substituents is 1. The molecule has 0 radical (unpaired) electrons. The van der Waals surface area contributed by atoms with E-state index in [9.17, 15) is 10.2 Å². The highest BCUT2D eigenvalue weighted by Gasteiger charge is 2.34. The van der Waals surface area contributed by atoms with E-state index in [-0.39, 0.29) is 6.10 Å². The minimum Gasteiger partial charge on any atom is -0.508 e.